The molecule has 10 nitrogen and oxygen atoms in total. The lowest BCUT2D eigenvalue weighted by atomic mass is 10.1. The summed E-state index contributed by atoms with van der Waals surface area (Å²) in [6, 6.07) is 21.8. The van der Waals surface area contributed by atoms with Crippen molar-refractivity contribution in [3.8, 4) is 17.3 Å². The lowest BCUT2D eigenvalue weighted by Crippen LogP contribution is -2.33. The van der Waals surface area contributed by atoms with Gasteiger partial charge in [-0.15, -0.1) is 30.7 Å². The first kappa shape index (κ1) is 35.2. The molecule has 3 aromatic carbocycles. The molecule has 0 bridgehead atoms. The third-order valence-electron chi connectivity index (χ3n) is 6.29. The molecule has 4 N–H and O–H groups in total. The minimum Gasteiger partial charge on any atom is -0.475 e. The van der Waals surface area contributed by atoms with Gasteiger partial charge in [0, 0.05) is 19.2 Å². The van der Waals surface area contributed by atoms with E-state index in [-0.39, 0.29) is 50.2 Å². The van der Waals surface area contributed by atoms with Gasteiger partial charge in [-0.2, -0.15) is 0 Å². The summed E-state index contributed by atoms with van der Waals surface area (Å²) in [5.74, 6) is 0.122. The number of urea groups is 1. The largest absolute Gasteiger partial charge is 0.573 e. The van der Waals surface area contributed by atoms with Gasteiger partial charge in [0.05, 0.1) is 37.1 Å². The van der Waals surface area contributed by atoms with E-state index < -0.39 is 24.2 Å². The second-order valence-corrected chi connectivity index (χ2v) is 9.83. The zero-order valence-electron chi connectivity index (χ0n) is 24.7. The number of nitrogens with one attached hydrogen (secondary N) is 2. The van der Waals surface area contributed by atoms with Crippen molar-refractivity contribution >= 4 is 24.3 Å². The number of aromatic nitrogens is 2. The molecule has 0 saturated carbocycles. The molecule has 4 aromatic rings. The monoisotopic (exact) mass is 649 g/mol. The molecule has 1 aromatic heterocycles. The second-order valence-electron chi connectivity index (χ2n) is 9.83. The third-order valence-corrected chi connectivity index (χ3v) is 6.29. The van der Waals surface area contributed by atoms with Crippen molar-refractivity contribution in [3.05, 3.63) is 101 Å². The van der Waals surface area contributed by atoms with Crippen LogP contribution in [0.1, 0.15) is 22.3 Å². The van der Waals surface area contributed by atoms with Gasteiger partial charge in [-0.05, 0) is 42.3 Å². The zero-order valence-corrected chi connectivity index (χ0v) is 25.5. The highest BCUT2D eigenvalue weighted by Crippen LogP contribution is 2.30. The number of amides is 2. The molecule has 0 unspecified atom stereocenters. The number of ether oxygens (including phenoxy) is 4. The van der Waals surface area contributed by atoms with Crippen LogP contribution in [0, 0.1) is 6.92 Å². The smallest absolute Gasteiger partial charge is 0.475 e. The molecule has 1 heterocycles. The third kappa shape index (κ3) is 10.7. The van der Waals surface area contributed by atoms with E-state index in [0.29, 0.717) is 29.2 Å². The van der Waals surface area contributed by atoms with Crippen LogP contribution >= 0.6 is 12.4 Å². The minimum absolute atomic E-state index is 0. The van der Waals surface area contributed by atoms with Crippen LogP contribution in [0.25, 0.3) is 5.69 Å². The van der Waals surface area contributed by atoms with E-state index in [1.165, 1.54) is 30.0 Å². The molecule has 0 radical (unpaired) electrons. The van der Waals surface area contributed by atoms with Crippen LogP contribution < -0.4 is 25.8 Å². The van der Waals surface area contributed by atoms with E-state index in [2.05, 4.69) is 20.5 Å². The van der Waals surface area contributed by atoms with E-state index in [1.54, 1.807) is 19.1 Å². The van der Waals surface area contributed by atoms with Crippen molar-refractivity contribution in [3.63, 3.8) is 0 Å². The summed E-state index contributed by atoms with van der Waals surface area (Å²) in [6.07, 6.45) is -4.90. The van der Waals surface area contributed by atoms with Crippen LogP contribution in [-0.2, 0) is 29.2 Å². The summed E-state index contributed by atoms with van der Waals surface area (Å²) < 4.78 is 61.2. The van der Waals surface area contributed by atoms with Crippen LogP contribution in [0.5, 0.6) is 11.6 Å². The number of nitrogens with two attached hydrogens (primary N) is 1. The van der Waals surface area contributed by atoms with Gasteiger partial charge >= 0.3 is 12.4 Å². The molecule has 14 heteroatoms. The predicted octanol–water partition coefficient (Wildman–Crippen LogP) is 5.89. The first-order valence-corrected chi connectivity index (χ1v) is 13.7. The molecule has 0 aliphatic heterocycles. The van der Waals surface area contributed by atoms with Crippen LogP contribution in [0.3, 0.4) is 0 Å². The van der Waals surface area contributed by atoms with Crippen molar-refractivity contribution in [1.82, 2.24) is 15.1 Å². The Hall–Kier alpha value is -4.30. The van der Waals surface area contributed by atoms with Crippen molar-refractivity contribution in [2.75, 3.05) is 25.6 Å². The predicted molar refractivity (Wildman–Crippen MR) is 165 cm³/mol. The van der Waals surface area contributed by atoms with Gasteiger partial charge in [-0.3, -0.25) is 5.32 Å². The molecule has 0 saturated heterocycles. The Morgan fingerprint density at radius 3 is 2.33 bits per heavy atom. The Morgan fingerprint density at radius 1 is 0.978 bits per heavy atom. The van der Waals surface area contributed by atoms with Crippen LogP contribution in [-0.4, -0.2) is 48.5 Å². The van der Waals surface area contributed by atoms with Crippen molar-refractivity contribution in [2.45, 2.75) is 39.1 Å². The Kier molecular flexibility index (Phi) is 13.0. The highest BCUT2D eigenvalue weighted by Gasteiger charge is 2.32. The number of hydrogen-bond donors (Lipinski definition) is 3. The second kappa shape index (κ2) is 16.7. The molecular formula is C31H35ClF3N5O5. The van der Waals surface area contributed by atoms with Crippen LogP contribution in [0.2, 0.25) is 0 Å². The molecule has 2 amide bonds. The van der Waals surface area contributed by atoms with Crippen molar-refractivity contribution in [2.24, 2.45) is 5.73 Å². The standard InChI is InChI=1S/C31H34F3N5O5.ClH/c1-21-28(37-30(40)36-16-24-15-23(17-41-2)13-14-27(24)44-31(32,33)34)39(26-11-7-4-8-12-26)38-29(21)43-20-25(35)19-42-18-22-9-5-3-6-10-22;/h3-15,25H,16-20,35H2,1-2H3,(H2,36,37,40);1H/t25-;/m1./s1. The molecule has 45 heavy (non-hydrogen) atoms. The summed E-state index contributed by atoms with van der Waals surface area (Å²) in [4.78, 5) is 13.0. The number of nitrogens with zero attached hydrogens (tertiary/aromatic N) is 2. The quantitative estimate of drug-likeness (QED) is 0.156. The number of benzene rings is 3. The van der Waals surface area contributed by atoms with E-state index in [9.17, 15) is 18.0 Å². The molecule has 0 spiro atoms. The fraction of sp³-hybridized carbons (Fsp3) is 0.290. The highest BCUT2D eigenvalue weighted by molar-refractivity contribution is 5.89. The number of hydrogen-bond acceptors (Lipinski definition) is 7. The maximum Gasteiger partial charge on any atom is 0.573 e. The normalized spacial score (nSPS) is 11.8. The van der Waals surface area contributed by atoms with E-state index in [1.807, 2.05) is 48.5 Å². The summed E-state index contributed by atoms with van der Waals surface area (Å²) in [5, 5.41) is 9.86. The first-order valence-electron chi connectivity index (χ1n) is 13.7. The number of para-hydroxylation sites is 1. The summed E-state index contributed by atoms with van der Waals surface area (Å²) in [7, 11) is 1.47. The van der Waals surface area contributed by atoms with Crippen molar-refractivity contribution in [1.29, 1.82) is 0 Å². The lowest BCUT2D eigenvalue weighted by molar-refractivity contribution is -0.274. The Bertz CT molecular complexity index is 1510. The fourth-order valence-electron chi connectivity index (χ4n) is 4.23. The van der Waals surface area contributed by atoms with Gasteiger partial charge in [0.25, 0.3) is 0 Å². The Labute approximate surface area is 265 Å². The minimum atomic E-state index is -4.90. The van der Waals surface area contributed by atoms with Crippen molar-refractivity contribution < 1.29 is 36.9 Å². The van der Waals surface area contributed by atoms with Gasteiger partial charge in [-0.1, -0.05) is 54.6 Å². The molecule has 0 fully saturated rings. The average molecular weight is 650 g/mol. The Morgan fingerprint density at radius 2 is 1.67 bits per heavy atom. The van der Waals surface area contributed by atoms with Gasteiger partial charge in [-0.25, -0.2) is 9.48 Å². The van der Waals surface area contributed by atoms with Crippen LogP contribution in [0.4, 0.5) is 23.8 Å². The molecular weight excluding hydrogens is 615 g/mol. The number of methoxy groups -OCH3 is 1. The number of carbonyl (C=O) groups is 1. The SMILES string of the molecule is COCc1ccc(OC(F)(F)F)c(CNC(=O)Nc2c(C)c(OC[C@H](N)COCc3ccccc3)nn2-c2ccccc2)c1.Cl. The van der Waals surface area contributed by atoms with E-state index in [4.69, 9.17) is 19.9 Å². The summed E-state index contributed by atoms with van der Waals surface area (Å²) in [5.41, 5.74) is 9.11. The van der Waals surface area contributed by atoms with Gasteiger partial charge < -0.3 is 30.0 Å². The maximum atomic E-state index is 13.0. The lowest BCUT2D eigenvalue weighted by Gasteiger charge is -2.16. The first-order chi connectivity index (χ1) is 21.1. The molecule has 4 rings (SSSR count). The number of alkyl halides is 3. The van der Waals surface area contributed by atoms with E-state index in [0.717, 1.165) is 5.56 Å². The molecule has 0 aliphatic rings. The maximum absolute atomic E-state index is 13.0. The summed E-state index contributed by atoms with van der Waals surface area (Å²) >= 11 is 0. The van der Waals surface area contributed by atoms with Gasteiger partial charge in [0.15, 0.2) is 0 Å². The number of carbonyl (C=O) groups excluding carboxylic acids is 1. The number of rotatable bonds is 14. The topological polar surface area (TPSA) is 122 Å². The van der Waals surface area contributed by atoms with Crippen LogP contribution in [0.15, 0.2) is 78.9 Å². The summed E-state index contributed by atoms with van der Waals surface area (Å²) in [6.45, 7) is 2.42. The fourth-order valence-corrected chi connectivity index (χ4v) is 4.23. The molecule has 1 atom stereocenters. The van der Waals surface area contributed by atoms with E-state index >= 15 is 0 Å². The number of anilines is 1. The Balaban J connectivity index is 0.00000552. The van der Waals surface area contributed by atoms with Gasteiger partial charge in [0.2, 0.25) is 5.88 Å². The van der Waals surface area contributed by atoms with Gasteiger partial charge in [0.1, 0.15) is 18.2 Å². The zero-order chi connectivity index (χ0) is 31.5. The molecule has 242 valence electrons. The molecule has 0 aliphatic carbocycles. The average Bonchev–Trinajstić information content (AvgIpc) is 3.31. The number of halogens is 4. The highest BCUT2D eigenvalue weighted by atomic mass is 35.5.